The van der Waals surface area contributed by atoms with E-state index in [0.29, 0.717) is 36.0 Å². The second-order valence-corrected chi connectivity index (χ2v) is 7.22. The van der Waals surface area contributed by atoms with Crippen molar-refractivity contribution in [2.45, 2.75) is 31.9 Å². The maximum atomic E-state index is 12.9. The lowest BCUT2D eigenvalue weighted by molar-refractivity contribution is -0.138. The smallest absolute Gasteiger partial charge is 0.417 e. The summed E-state index contributed by atoms with van der Waals surface area (Å²) in [5, 5.41) is 14.8. The number of benzene rings is 1. The van der Waals surface area contributed by atoms with E-state index in [4.69, 9.17) is 0 Å². The first-order valence-corrected chi connectivity index (χ1v) is 9.24. The molecule has 1 aromatic carbocycles. The predicted octanol–water partition coefficient (Wildman–Crippen LogP) is 4.57. The number of hydrogen-bond donors (Lipinski definition) is 1. The Labute approximate surface area is 172 Å². The fourth-order valence-electron chi connectivity index (χ4n) is 3.49. The fraction of sp³-hybridized carbons (Fsp3) is 0.300. The molecule has 0 saturated carbocycles. The molecule has 0 radical (unpaired) electrons. The van der Waals surface area contributed by atoms with Gasteiger partial charge in [-0.2, -0.15) is 36.1 Å². The zero-order valence-corrected chi connectivity index (χ0v) is 15.9. The topological polar surface area (TPSA) is 54.2 Å². The van der Waals surface area contributed by atoms with Gasteiger partial charge in [-0.25, -0.2) is 4.98 Å². The molecule has 0 amide bonds. The summed E-state index contributed by atoms with van der Waals surface area (Å²) in [5.41, 5.74) is -0.124. The maximum Gasteiger partial charge on any atom is 0.417 e. The van der Waals surface area contributed by atoms with Gasteiger partial charge in [-0.15, -0.1) is 0 Å². The van der Waals surface area contributed by atoms with Crippen molar-refractivity contribution in [1.29, 1.82) is 0 Å². The van der Waals surface area contributed by atoms with Crippen molar-refractivity contribution in [3.63, 3.8) is 0 Å². The zero-order valence-electron chi connectivity index (χ0n) is 15.9. The van der Waals surface area contributed by atoms with E-state index in [9.17, 15) is 31.4 Å². The lowest BCUT2D eigenvalue weighted by Gasteiger charge is -2.26. The predicted molar refractivity (Wildman–Crippen MR) is 97.3 cm³/mol. The van der Waals surface area contributed by atoms with Crippen molar-refractivity contribution < 1.29 is 31.4 Å². The van der Waals surface area contributed by atoms with Crippen molar-refractivity contribution in [3.8, 4) is 11.7 Å². The summed E-state index contributed by atoms with van der Waals surface area (Å²) in [6.07, 6.45) is -7.87. The van der Waals surface area contributed by atoms with Gasteiger partial charge in [0.05, 0.1) is 22.4 Å². The summed E-state index contributed by atoms with van der Waals surface area (Å²) in [6, 6.07) is 7.00. The highest BCUT2D eigenvalue weighted by Gasteiger charge is 2.32. The maximum absolute atomic E-state index is 12.9. The van der Waals surface area contributed by atoms with Crippen molar-refractivity contribution in [2.75, 3.05) is 6.54 Å². The second-order valence-electron chi connectivity index (χ2n) is 7.22. The molecular weight excluding hydrogens is 426 g/mol. The van der Waals surface area contributed by atoms with Gasteiger partial charge in [-0.3, -0.25) is 4.90 Å². The van der Waals surface area contributed by atoms with Gasteiger partial charge in [0.15, 0.2) is 5.82 Å². The molecule has 3 aromatic rings. The van der Waals surface area contributed by atoms with Crippen LogP contribution < -0.4 is 0 Å². The number of aromatic nitrogens is 3. The number of nitrogens with zero attached hydrogens (tertiary/aromatic N) is 4. The molecule has 31 heavy (non-hydrogen) atoms. The van der Waals surface area contributed by atoms with Crippen LogP contribution in [0, 0.1) is 0 Å². The van der Waals surface area contributed by atoms with Crippen LogP contribution in [-0.4, -0.2) is 31.3 Å². The summed E-state index contributed by atoms with van der Waals surface area (Å²) in [6.45, 7) is 0.977. The molecular formula is C20H16F6N4O. The average molecular weight is 442 g/mol. The molecule has 0 saturated heterocycles. The van der Waals surface area contributed by atoms with Gasteiger partial charge >= 0.3 is 12.4 Å². The Morgan fingerprint density at radius 2 is 1.71 bits per heavy atom. The molecule has 4 rings (SSSR count). The van der Waals surface area contributed by atoms with Crippen LogP contribution in [0.25, 0.3) is 5.82 Å². The largest absolute Gasteiger partial charge is 0.493 e. The molecule has 0 atom stereocenters. The number of aromatic hydroxyl groups is 1. The highest BCUT2D eigenvalue weighted by atomic mass is 19.4. The molecule has 0 aliphatic carbocycles. The Kier molecular flexibility index (Phi) is 5.16. The molecule has 164 valence electrons. The van der Waals surface area contributed by atoms with E-state index in [-0.39, 0.29) is 24.8 Å². The molecule has 1 N–H and O–H groups in total. The Hall–Kier alpha value is -3.08. The van der Waals surface area contributed by atoms with Crippen LogP contribution in [0.4, 0.5) is 26.3 Å². The molecule has 11 heteroatoms. The minimum Gasteiger partial charge on any atom is -0.493 e. The number of hydrogen-bond acceptors (Lipinski definition) is 4. The molecule has 1 aliphatic heterocycles. The van der Waals surface area contributed by atoms with Crippen LogP contribution in [-0.2, 0) is 31.9 Å². The van der Waals surface area contributed by atoms with E-state index in [0.717, 1.165) is 28.9 Å². The number of halogens is 6. The Bertz CT molecular complexity index is 1090. The molecule has 0 bridgehead atoms. The van der Waals surface area contributed by atoms with Gasteiger partial charge in [0.2, 0.25) is 5.88 Å². The van der Waals surface area contributed by atoms with Gasteiger partial charge in [0, 0.05) is 32.3 Å². The SMILES string of the molecule is Oc1c2c(nn1-c1ccc(C(F)(F)F)cn1)CCN(Cc1cccc(C(F)(F)F)c1)C2. The van der Waals surface area contributed by atoms with Crippen LogP contribution in [0.2, 0.25) is 0 Å². The van der Waals surface area contributed by atoms with Crippen LogP contribution in [0.3, 0.4) is 0 Å². The quantitative estimate of drug-likeness (QED) is 0.604. The van der Waals surface area contributed by atoms with E-state index in [2.05, 4.69) is 10.1 Å². The van der Waals surface area contributed by atoms with Crippen molar-refractivity contribution >= 4 is 0 Å². The van der Waals surface area contributed by atoms with Gasteiger partial charge in [-0.05, 0) is 23.8 Å². The lowest BCUT2D eigenvalue weighted by atomic mass is 10.1. The lowest BCUT2D eigenvalue weighted by Crippen LogP contribution is -2.29. The van der Waals surface area contributed by atoms with Crippen molar-refractivity contribution in [3.05, 3.63) is 70.5 Å². The number of pyridine rings is 1. The molecule has 0 unspecified atom stereocenters. The van der Waals surface area contributed by atoms with Crippen LogP contribution in [0.5, 0.6) is 5.88 Å². The molecule has 0 spiro atoms. The average Bonchev–Trinajstić information content (AvgIpc) is 3.03. The van der Waals surface area contributed by atoms with Gasteiger partial charge in [0.25, 0.3) is 0 Å². The van der Waals surface area contributed by atoms with E-state index in [1.807, 2.05) is 4.90 Å². The Morgan fingerprint density at radius 3 is 2.35 bits per heavy atom. The van der Waals surface area contributed by atoms with Crippen molar-refractivity contribution in [2.24, 2.45) is 0 Å². The van der Waals surface area contributed by atoms with E-state index < -0.39 is 23.5 Å². The highest BCUT2D eigenvalue weighted by Crippen LogP contribution is 2.33. The third-order valence-corrected chi connectivity index (χ3v) is 5.04. The normalized spacial score (nSPS) is 15.2. The first kappa shape index (κ1) is 21.2. The van der Waals surface area contributed by atoms with Crippen LogP contribution in [0.1, 0.15) is 27.9 Å². The Balaban J connectivity index is 1.54. The van der Waals surface area contributed by atoms with E-state index in [1.165, 1.54) is 6.07 Å². The van der Waals surface area contributed by atoms with Gasteiger partial charge in [-0.1, -0.05) is 18.2 Å². The van der Waals surface area contributed by atoms with Crippen molar-refractivity contribution in [1.82, 2.24) is 19.7 Å². The van der Waals surface area contributed by atoms with Crippen LogP contribution >= 0.6 is 0 Å². The number of alkyl halides is 6. The minimum atomic E-state index is -4.53. The van der Waals surface area contributed by atoms with Crippen LogP contribution in [0.15, 0.2) is 42.6 Å². The highest BCUT2D eigenvalue weighted by molar-refractivity contribution is 5.39. The Morgan fingerprint density at radius 1 is 0.968 bits per heavy atom. The van der Waals surface area contributed by atoms with E-state index in [1.54, 1.807) is 6.07 Å². The summed E-state index contributed by atoms with van der Waals surface area (Å²) in [7, 11) is 0. The first-order chi connectivity index (χ1) is 14.5. The summed E-state index contributed by atoms with van der Waals surface area (Å²) >= 11 is 0. The van der Waals surface area contributed by atoms with Gasteiger partial charge in [0.1, 0.15) is 0 Å². The monoisotopic (exact) mass is 442 g/mol. The third kappa shape index (κ3) is 4.36. The molecule has 5 nitrogen and oxygen atoms in total. The standard InChI is InChI=1S/C20H16F6N4O/c21-19(22,23)13-3-1-2-12(8-13)10-29-7-6-16-15(11-29)18(31)30(28-16)17-5-4-14(9-27-17)20(24,25)26/h1-5,8-9,31H,6-7,10-11H2. The number of fused-ring (bicyclic) bond motifs is 1. The third-order valence-electron chi connectivity index (χ3n) is 5.04. The van der Waals surface area contributed by atoms with Gasteiger partial charge < -0.3 is 5.11 Å². The minimum absolute atomic E-state index is 0.0318. The molecule has 3 heterocycles. The summed E-state index contributed by atoms with van der Waals surface area (Å²) in [5.74, 6) is -0.222. The first-order valence-electron chi connectivity index (χ1n) is 9.24. The summed E-state index contributed by atoms with van der Waals surface area (Å²) in [4.78, 5) is 5.60. The molecule has 0 fully saturated rings. The molecule has 1 aliphatic rings. The number of rotatable bonds is 3. The summed E-state index contributed by atoms with van der Waals surface area (Å²) < 4.78 is 78.0. The zero-order chi connectivity index (χ0) is 22.4. The van der Waals surface area contributed by atoms with E-state index >= 15 is 0 Å². The fourth-order valence-corrected chi connectivity index (χ4v) is 3.49. The second kappa shape index (κ2) is 7.56. The molecule has 2 aromatic heterocycles.